The zero-order valence-electron chi connectivity index (χ0n) is 18.1. The van der Waals surface area contributed by atoms with E-state index in [0.29, 0.717) is 24.6 Å². The Bertz CT molecular complexity index is 1240. The number of nitrogens with two attached hydrogens (primary N) is 1. The third-order valence-corrected chi connectivity index (χ3v) is 5.31. The Morgan fingerprint density at radius 1 is 1.09 bits per heavy atom. The Morgan fingerprint density at radius 2 is 1.86 bits per heavy atom. The van der Waals surface area contributed by atoms with E-state index in [2.05, 4.69) is 20.6 Å². The van der Waals surface area contributed by atoms with Crippen LogP contribution in [0.1, 0.15) is 34.5 Å². The van der Waals surface area contributed by atoms with Gasteiger partial charge in [-0.15, -0.1) is 0 Å². The molecule has 2 amide bonds. The molecule has 4 rings (SSSR count). The van der Waals surface area contributed by atoms with E-state index < -0.39 is 34.7 Å². The molecule has 182 valence electrons. The fourth-order valence-corrected chi connectivity index (χ4v) is 3.23. The van der Waals surface area contributed by atoms with Gasteiger partial charge in [-0.3, -0.25) is 14.6 Å². The van der Waals surface area contributed by atoms with Crippen LogP contribution in [0.25, 0.3) is 0 Å². The van der Waals surface area contributed by atoms with E-state index in [0.717, 1.165) is 12.1 Å². The monoisotopic (exact) mass is 487 g/mol. The highest BCUT2D eigenvalue weighted by molar-refractivity contribution is 6.00. The quantitative estimate of drug-likeness (QED) is 0.401. The van der Waals surface area contributed by atoms with Gasteiger partial charge in [0.2, 0.25) is 5.91 Å². The first-order chi connectivity index (χ1) is 16.6. The molecule has 35 heavy (non-hydrogen) atoms. The van der Waals surface area contributed by atoms with E-state index >= 15 is 0 Å². The van der Waals surface area contributed by atoms with Gasteiger partial charge >= 0.3 is 6.18 Å². The average Bonchev–Trinajstić information content (AvgIpc) is 3.60. The molecule has 9 nitrogen and oxygen atoms in total. The van der Waals surface area contributed by atoms with Crippen molar-refractivity contribution < 1.29 is 32.6 Å². The van der Waals surface area contributed by atoms with E-state index in [1.165, 1.54) is 36.7 Å². The number of benzene rings is 1. The largest absolute Gasteiger partial charge is 0.508 e. The van der Waals surface area contributed by atoms with E-state index in [1.54, 1.807) is 0 Å². The molecule has 0 atom stereocenters. The van der Waals surface area contributed by atoms with Gasteiger partial charge in [0.05, 0.1) is 24.0 Å². The second-order valence-electron chi connectivity index (χ2n) is 7.96. The van der Waals surface area contributed by atoms with Crippen LogP contribution in [0.5, 0.6) is 17.2 Å². The van der Waals surface area contributed by atoms with Gasteiger partial charge in [0, 0.05) is 6.20 Å². The molecule has 0 bridgehead atoms. The van der Waals surface area contributed by atoms with Gasteiger partial charge < -0.3 is 26.2 Å². The normalized spacial score (nSPS) is 14.1. The lowest BCUT2D eigenvalue weighted by molar-refractivity contribution is -0.138. The molecule has 2 heterocycles. The Morgan fingerprint density at radius 3 is 2.46 bits per heavy atom. The fraction of sp³-hybridized carbons (Fsp3) is 0.217. The molecule has 0 aliphatic heterocycles. The van der Waals surface area contributed by atoms with Crippen molar-refractivity contribution in [3.8, 4) is 17.2 Å². The topological polar surface area (TPSA) is 139 Å². The number of carbonyl (C=O) groups is 2. The van der Waals surface area contributed by atoms with Crippen LogP contribution in [-0.2, 0) is 17.5 Å². The number of nitrogens with one attached hydrogen (secondary N) is 2. The summed E-state index contributed by atoms with van der Waals surface area (Å²) in [6.07, 6.45) is -1.23. The lowest BCUT2D eigenvalue weighted by Crippen LogP contribution is -2.48. The fourth-order valence-electron chi connectivity index (χ4n) is 3.23. The number of halogens is 3. The molecule has 0 spiro atoms. The number of nitrogens with zero attached hydrogens (tertiary/aromatic N) is 2. The molecule has 1 saturated carbocycles. The van der Waals surface area contributed by atoms with Crippen LogP contribution in [0.2, 0.25) is 0 Å². The summed E-state index contributed by atoms with van der Waals surface area (Å²) >= 11 is 0. The maximum Gasteiger partial charge on any atom is 0.420 e. The van der Waals surface area contributed by atoms with Gasteiger partial charge in [-0.1, -0.05) is 0 Å². The molecular formula is C23H20F3N5O4. The molecule has 0 unspecified atom stereocenters. The number of aromatic hydroxyl groups is 1. The summed E-state index contributed by atoms with van der Waals surface area (Å²) in [5.74, 6) is -1.54. The summed E-state index contributed by atoms with van der Waals surface area (Å²) < 4.78 is 44.8. The third kappa shape index (κ3) is 5.60. The second kappa shape index (κ2) is 9.12. The molecule has 1 aliphatic rings. The Balaban J connectivity index is 1.34. The minimum absolute atomic E-state index is 0.0349. The van der Waals surface area contributed by atoms with Crippen molar-refractivity contribution in [1.29, 1.82) is 0 Å². The van der Waals surface area contributed by atoms with Crippen molar-refractivity contribution in [2.75, 3.05) is 5.73 Å². The number of phenols is 1. The van der Waals surface area contributed by atoms with E-state index in [1.807, 2.05) is 0 Å². The standard InChI is InChI=1S/C23H20F3N5O4/c24-23(25,26)17-9-15(32)3-5-18(17)35-16-4-2-14(28-12-16)11-30-21(34)22(7-8-22)31-20(33)13-1-6-19(27)29-10-13/h1-6,9-10,12,32H,7-8,11H2,(H2,27,29)(H,30,34)(H,31,33). The predicted octanol–water partition coefficient (Wildman–Crippen LogP) is 3.15. The van der Waals surface area contributed by atoms with Crippen molar-refractivity contribution in [2.24, 2.45) is 0 Å². The molecule has 0 saturated heterocycles. The SMILES string of the molecule is Nc1ccc(C(=O)NC2(C(=O)NCc3ccc(Oc4ccc(O)cc4C(F)(F)F)cn3)CC2)cn1. The van der Waals surface area contributed by atoms with Crippen LogP contribution in [0.3, 0.4) is 0 Å². The number of anilines is 1. The van der Waals surface area contributed by atoms with Crippen molar-refractivity contribution in [3.63, 3.8) is 0 Å². The number of amides is 2. The van der Waals surface area contributed by atoms with Crippen LogP contribution in [0.15, 0.2) is 54.9 Å². The Labute approximate surface area is 197 Å². The highest BCUT2D eigenvalue weighted by atomic mass is 19.4. The van der Waals surface area contributed by atoms with Gasteiger partial charge in [-0.25, -0.2) is 4.98 Å². The number of hydrogen-bond donors (Lipinski definition) is 4. The number of alkyl halides is 3. The first-order valence-corrected chi connectivity index (χ1v) is 10.4. The smallest absolute Gasteiger partial charge is 0.420 e. The average molecular weight is 487 g/mol. The molecule has 1 aromatic carbocycles. The minimum Gasteiger partial charge on any atom is -0.508 e. The van der Waals surface area contributed by atoms with Gasteiger partial charge in [0.1, 0.15) is 34.2 Å². The summed E-state index contributed by atoms with van der Waals surface area (Å²) in [5.41, 5.74) is 4.07. The van der Waals surface area contributed by atoms with Gasteiger partial charge in [0.15, 0.2) is 0 Å². The first kappa shape index (κ1) is 23.8. The molecule has 12 heteroatoms. The molecule has 1 fully saturated rings. The summed E-state index contributed by atoms with van der Waals surface area (Å²) in [7, 11) is 0. The van der Waals surface area contributed by atoms with Gasteiger partial charge in [-0.2, -0.15) is 13.2 Å². The zero-order valence-corrected chi connectivity index (χ0v) is 18.1. The highest BCUT2D eigenvalue weighted by Crippen LogP contribution is 2.40. The third-order valence-electron chi connectivity index (χ3n) is 5.31. The van der Waals surface area contributed by atoms with Gasteiger partial charge in [0.25, 0.3) is 5.91 Å². The van der Waals surface area contributed by atoms with Crippen molar-refractivity contribution >= 4 is 17.6 Å². The van der Waals surface area contributed by atoms with Crippen LogP contribution < -0.4 is 21.1 Å². The van der Waals surface area contributed by atoms with E-state index in [9.17, 15) is 27.9 Å². The second-order valence-corrected chi connectivity index (χ2v) is 7.96. The lowest BCUT2D eigenvalue weighted by Gasteiger charge is -2.17. The first-order valence-electron chi connectivity index (χ1n) is 10.4. The van der Waals surface area contributed by atoms with Crippen LogP contribution in [0.4, 0.5) is 19.0 Å². The lowest BCUT2D eigenvalue weighted by atomic mass is 10.2. The van der Waals surface area contributed by atoms with Crippen LogP contribution in [0, 0.1) is 0 Å². The molecule has 0 radical (unpaired) electrons. The molecule has 5 N–H and O–H groups in total. The van der Waals surface area contributed by atoms with Crippen LogP contribution in [-0.4, -0.2) is 32.4 Å². The van der Waals surface area contributed by atoms with Crippen molar-refractivity contribution in [1.82, 2.24) is 20.6 Å². The number of carbonyl (C=O) groups excluding carboxylic acids is 2. The maximum absolute atomic E-state index is 13.2. The predicted molar refractivity (Wildman–Crippen MR) is 117 cm³/mol. The Hall–Kier alpha value is -4.35. The van der Waals surface area contributed by atoms with E-state index in [-0.39, 0.29) is 29.6 Å². The maximum atomic E-state index is 13.2. The van der Waals surface area contributed by atoms with Gasteiger partial charge in [-0.05, 0) is 55.3 Å². The molecule has 3 aromatic rings. The molecular weight excluding hydrogens is 467 g/mol. The summed E-state index contributed by atoms with van der Waals surface area (Å²) in [5, 5.41) is 14.8. The number of aromatic nitrogens is 2. The Kier molecular flexibility index (Phi) is 6.20. The van der Waals surface area contributed by atoms with E-state index in [4.69, 9.17) is 10.5 Å². The minimum atomic E-state index is -4.72. The number of nitrogen functional groups attached to an aromatic ring is 1. The number of phenolic OH excluding ortho intramolecular Hbond substituents is 1. The number of rotatable bonds is 7. The summed E-state index contributed by atoms with van der Waals surface area (Å²) in [4.78, 5) is 33.0. The molecule has 1 aliphatic carbocycles. The number of ether oxygens (including phenoxy) is 1. The highest BCUT2D eigenvalue weighted by Gasteiger charge is 2.51. The van der Waals surface area contributed by atoms with Crippen LogP contribution >= 0.6 is 0 Å². The number of hydrogen-bond acceptors (Lipinski definition) is 7. The zero-order chi connectivity index (χ0) is 25.2. The number of pyridine rings is 2. The van der Waals surface area contributed by atoms with Crippen molar-refractivity contribution in [3.05, 3.63) is 71.7 Å². The summed E-state index contributed by atoms with van der Waals surface area (Å²) in [6.45, 7) is 0.0349. The molecule has 2 aromatic heterocycles. The van der Waals surface area contributed by atoms with Crippen molar-refractivity contribution in [2.45, 2.75) is 31.1 Å². The summed E-state index contributed by atoms with van der Waals surface area (Å²) in [6, 6.07) is 8.55.